The average molecular weight is 280 g/mol. The van der Waals surface area contributed by atoms with Crippen LogP contribution >= 0.6 is 0 Å². The first kappa shape index (κ1) is 19.6. The normalized spacial score (nSPS) is 11.3. The van der Waals surface area contributed by atoms with Gasteiger partial charge in [-0.2, -0.15) is 8.42 Å². The molecule has 18 heavy (non-hydrogen) atoms. The third-order valence-corrected chi connectivity index (χ3v) is 3.17. The minimum absolute atomic E-state index is 0.0289. The molecule has 0 heterocycles. The molecule has 0 aliphatic rings. The monoisotopic (exact) mass is 280 g/mol. The van der Waals surface area contributed by atoms with E-state index in [1.807, 2.05) is 12.2 Å². The summed E-state index contributed by atoms with van der Waals surface area (Å²) >= 11 is 0. The van der Waals surface area contributed by atoms with Gasteiger partial charge in [0.05, 0.1) is 32.8 Å². The van der Waals surface area contributed by atoms with E-state index >= 15 is 0 Å². The molecule has 0 aromatic rings. The average Bonchev–Trinajstić information content (AvgIpc) is 2.28. The quantitative estimate of drug-likeness (QED) is 0.420. The predicted molar refractivity (Wildman–Crippen MR) is 74.6 cm³/mol. The molecule has 0 rings (SSSR count). The van der Waals surface area contributed by atoms with E-state index in [9.17, 15) is 8.42 Å². The van der Waals surface area contributed by atoms with E-state index in [1.54, 1.807) is 0 Å². The molecule has 5 nitrogen and oxygen atoms in total. The molecule has 0 spiro atoms. The van der Waals surface area contributed by atoms with Crippen molar-refractivity contribution in [3.63, 3.8) is 0 Å². The molecule has 0 aromatic heterocycles. The molecule has 108 valence electrons. The Kier molecular flexibility index (Phi) is 11.2. The topological polar surface area (TPSA) is 63.6 Å². The van der Waals surface area contributed by atoms with Gasteiger partial charge < -0.3 is 4.48 Å². The van der Waals surface area contributed by atoms with E-state index in [-0.39, 0.29) is 6.61 Å². The second-order valence-corrected chi connectivity index (χ2v) is 4.84. The lowest BCUT2D eigenvalue weighted by molar-refractivity contribution is -0.914. The Hall–Kier alpha value is -0.690. The Morgan fingerprint density at radius 1 is 1.11 bits per heavy atom. The second kappa shape index (κ2) is 10.3. The van der Waals surface area contributed by atoms with Crippen molar-refractivity contribution in [1.29, 1.82) is 0 Å². The number of likely N-dealkylation sites (N-methyl/N-ethyl adjacent to an activating group) is 1. The highest BCUT2D eigenvalue weighted by atomic mass is 32.3. The van der Waals surface area contributed by atoms with Crippen molar-refractivity contribution >= 4 is 10.4 Å². The van der Waals surface area contributed by atoms with Crippen LogP contribution < -0.4 is 0 Å². The van der Waals surface area contributed by atoms with E-state index in [4.69, 9.17) is 4.55 Å². The van der Waals surface area contributed by atoms with Gasteiger partial charge in [0.15, 0.2) is 0 Å². The third kappa shape index (κ3) is 10.5. The zero-order valence-corrected chi connectivity index (χ0v) is 12.4. The van der Waals surface area contributed by atoms with Crippen molar-refractivity contribution in [2.45, 2.75) is 20.8 Å². The summed E-state index contributed by atoms with van der Waals surface area (Å²) in [6, 6.07) is 0. The van der Waals surface area contributed by atoms with Gasteiger partial charge in [0, 0.05) is 0 Å². The molecule has 0 atom stereocenters. The van der Waals surface area contributed by atoms with Gasteiger partial charge >= 0.3 is 10.4 Å². The molecule has 0 aliphatic heterocycles. The van der Waals surface area contributed by atoms with Gasteiger partial charge in [-0.3, -0.25) is 4.55 Å². The Labute approximate surface area is 111 Å². The van der Waals surface area contributed by atoms with Crippen LogP contribution in [0.25, 0.3) is 0 Å². The summed E-state index contributed by atoms with van der Waals surface area (Å²) in [4.78, 5) is 0. The zero-order chi connectivity index (χ0) is 14.7. The van der Waals surface area contributed by atoms with E-state index < -0.39 is 10.4 Å². The van der Waals surface area contributed by atoms with Gasteiger partial charge in [-0.05, 0) is 32.9 Å². The molecule has 0 amide bonds. The van der Waals surface area contributed by atoms with E-state index in [2.05, 4.69) is 31.2 Å². The summed E-state index contributed by atoms with van der Waals surface area (Å²) in [5, 5.41) is 0. The summed E-state index contributed by atoms with van der Waals surface area (Å²) in [7, 11) is -4.17. The molecule has 0 bridgehead atoms. The van der Waals surface area contributed by atoms with E-state index in [1.165, 1.54) is 6.92 Å². The van der Waals surface area contributed by atoms with Gasteiger partial charge in [0.25, 0.3) is 0 Å². The number of hydrogen-bond acceptors (Lipinski definition) is 3. The molecule has 0 unspecified atom stereocenters. The van der Waals surface area contributed by atoms with Gasteiger partial charge in [0.2, 0.25) is 0 Å². The van der Waals surface area contributed by atoms with Crippen LogP contribution in [0.15, 0.2) is 25.3 Å². The third-order valence-electron chi connectivity index (χ3n) is 2.64. The highest BCUT2D eigenvalue weighted by Gasteiger charge is 2.18. The van der Waals surface area contributed by atoms with Crippen LogP contribution in [0, 0.1) is 0 Å². The first-order valence-corrected chi connectivity index (χ1v) is 7.36. The fourth-order valence-electron chi connectivity index (χ4n) is 1.51. The van der Waals surface area contributed by atoms with Crippen LogP contribution in [0.4, 0.5) is 0 Å². The smallest absolute Gasteiger partial charge is 0.318 e. The van der Waals surface area contributed by atoms with Crippen LogP contribution in [-0.4, -0.2) is 50.2 Å². The Morgan fingerprint density at radius 3 is 1.61 bits per heavy atom. The van der Waals surface area contributed by atoms with Gasteiger partial charge in [-0.25, -0.2) is 4.18 Å². The van der Waals surface area contributed by atoms with Crippen molar-refractivity contribution in [3.05, 3.63) is 25.3 Å². The van der Waals surface area contributed by atoms with E-state index in [0.717, 1.165) is 30.7 Å². The molecule has 1 N–H and O–H groups in total. The highest BCUT2D eigenvalue weighted by molar-refractivity contribution is 7.80. The van der Waals surface area contributed by atoms with Crippen LogP contribution in [0.2, 0.25) is 0 Å². The summed E-state index contributed by atoms with van der Waals surface area (Å²) in [6.45, 7) is 17.9. The molecule has 0 aromatic carbocycles. The maximum Gasteiger partial charge on any atom is 0.397 e. The SMILES string of the molecule is C=CC[N+](CC)(CC)CC=C.CCOS(=O)(=O)O. The summed E-state index contributed by atoms with van der Waals surface area (Å²) < 4.78 is 31.7. The zero-order valence-electron chi connectivity index (χ0n) is 11.6. The fraction of sp³-hybridized carbons (Fsp3) is 0.667. The second-order valence-electron chi connectivity index (χ2n) is 3.75. The molecular formula is C12H26NO4S+. The van der Waals surface area contributed by atoms with Gasteiger partial charge in [-0.1, -0.05) is 13.2 Å². The number of rotatable bonds is 8. The Balaban J connectivity index is 0. The van der Waals surface area contributed by atoms with Crippen molar-refractivity contribution in [1.82, 2.24) is 0 Å². The lowest BCUT2D eigenvalue weighted by atomic mass is 10.3. The molecule has 0 saturated carbocycles. The standard InChI is InChI=1S/C10H20N.C2H6O4S/c1-5-9-11(7-3,8-4)10-6-2;1-2-6-7(3,4)5/h5-6H,1-2,7-10H2,3-4H3;2H2,1H3,(H,3,4,5)/q+1;. The van der Waals surface area contributed by atoms with Crippen LogP contribution in [0.3, 0.4) is 0 Å². The maximum atomic E-state index is 9.56. The number of nitrogens with zero attached hydrogens (tertiary/aromatic N) is 1. The van der Waals surface area contributed by atoms with Gasteiger partial charge in [0.1, 0.15) is 0 Å². The van der Waals surface area contributed by atoms with Crippen molar-refractivity contribution in [2.24, 2.45) is 0 Å². The van der Waals surface area contributed by atoms with Crippen LogP contribution in [-0.2, 0) is 14.6 Å². The minimum Gasteiger partial charge on any atom is -0.318 e. The summed E-state index contributed by atoms with van der Waals surface area (Å²) in [5.41, 5.74) is 0. The Morgan fingerprint density at radius 2 is 1.50 bits per heavy atom. The van der Waals surface area contributed by atoms with E-state index in [0.29, 0.717) is 0 Å². The van der Waals surface area contributed by atoms with Crippen LogP contribution in [0.5, 0.6) is 0 Å². The molecule has 0 fully saturated rings. The predicted octanol–water partition coefficient (Wildman–Crippen LogP) is 2.04. The molecule has 0 saturated heterocycles. The largest absolute Gasteiger partial charge is 0.397 e. The lowest BCUT2D eigenvalue weighted by Crippen LogP contribution is -2.47. The summed E-state index contributed by atoms with van der Waals surface area (Å²) in [6.07, 6.45) is 3.99. The minimum atomic E-state index is -4.17. The van der Waals surface area contributed by atoms with Crippen molar-refractivity contribution in [2.75, 3.05) is 32.8 Å². The first-order chi connectivity index (χ1) is 8.30. The molecule has 6 heteroatoms. The number of quaternary nitrogens is 1. The molecule has 0 radical (unpaired) electrons. The molecular weight excluding hydrogens is 254 g/mol. The lowest BCUT2D eigenvalue weighted by Gasteiger charge is -2.34. The fourth-order valence-corrected chi connectivity index (χ4v) is 1.81. The summed E-state index contributed by atoms with van der Waals surface area (Å²) in [5.74, 6) is 0. The van der Waals surface area contributed by atoms with Crippen molar-refractivity contribution < 1.29 is 21.6 Å². The number of hydrogen-bond donors (Lipinski definition) is 1. The maximum absolute atomic E-state index is 9.56. The van der Waals surface area contributed by atoms with Gasteiger partial charge in [-0.15, -0.1) is 0 Å². The first-order valence-electron chi connectivity index (χ1n) is 5.99. The van der Waals surface area contributed by atoms with Crippen LogP contribution in [0.1, 0.15) is 20.8 Å². The highest BCUT2D eigenvalue weighted by Crippen LogP contribution is 2.05. The molecule has 0 aliphatic carbocycles. The van der Waals surface area contributed by atoms with Crippen molar-refractivity contribution in [3.8, 4) is 0 Å². The Bertz CT molecular complexity index is 309.